The zero-order chi connectivity index (χ0) is 30.6. The number of aliphatic carboxylic acids is 1. The third-order valence-corrected chi connectivity index (χ3v) is 10.1. The van der Waals surface area contributed by atoms with Gasteiger partial charge in [-0.1, -0.05) is 42.8 Å². The van der Waals surface area contributed by atoms with Crippen LogP contribution in [0, 0.1) is 17.7 Å². The number of piperidine rings is 1. The molecule has 7 nitrogen and oxygen atoms in total. The van der Waals surface area contributed by atoms with Gasteiger partial charge < -0.3 is 19.6 Å². The Balaban J connectivity index is 1.20. The highest BCUT2D eigenvalue weighted by atomic mass is 35.5. The summed E-state index contributed by atoms with van der Waals surface area (Å²) in [5.74, 6) is -0.0775. The molecule has 0 bridgehead atoms. The smallest absolute Gasteiger partial charge is 0.410 e. The van der Waals surface area contributed by atoms with Gasteiger partial charge in [0.05, 0.1) is 0 Å². The predicted molar refractivity (Wildman–Crippen MR) is 166 cm³/mol. The maximum Gasteiger partial charge on any atom is 0.410 e. The molecular formula is C34H45ClFN3O4. The highest BCUT2D eigenvalue weighted by Gasteiger charge is 2.54. The minimum absolute atomic E-state index is 0.127. The molecule has 5 rings (SSSR count). The molecule has 1 heterocycles. The predicted octanol–water partition coefficient (Wildman–Crippen LogP) is 6.70. The molecule has 9 heteroatoms. The van der Waals surface area contributed by atoms with Crippen LogP contribution < -0.4 is 5.32 Å². The standard InChI is InChI=1S/C34H45ClFN3O4/c1-3-15-39(33(42)43-22-24-7-9-28(35)10-8-24)30-11-16-38(17-12-30)21-26-18-27(34(13-14-34)37-23(2)32(40)41)20-31(26)25-5-4-6-29(36)19-25/h4-10,19,23,26-27,30-31,37H,3,11-18,20-22H2,1-2H3,(H,40,41)/t23-,26+,27-,31+/m0/s1. The summed E-state index contributed by atoms with van der Waals surface area (Å²) < 4.78 is 20.0. The van der Waals surface area contributed by atoms with Crippen molar-refractivity contribution >= 4 is 23.7 Å². The summed E-state index contributed by atoms with van der Waals surface area (Å²) in [6.07, 6.45) is 6.29. The van der Waals surface area contributed by atoms with E-state index in [1.54, 1.807) is 31.2 Å². The quantitative estimate of drug-likeness (QED) is 0.277. The summed E-state index contributed by atoms with van der Waals surface area (Å²) in [4.78, 5) is 29.1. The molecule has 1 saturated heterocycles. The lowest BCUT2D eigenvalue weighted by Crippen LogP contribution is -2.49. The number of ether oxygens (including phenoxy) is 1. The Morgan fingerprint density at radius 1 is 1.16 bits per heavy atom. The highest BCUT2D eigenvalue weighted by Crippen LogP contribution is 2.55. The molecule has 234 valence electrons. The van der Waals surface area contributed by atoms with E-state index in [0.29, 0.717) is 23.4 Å². The molecule has 3 aliphatic rings. The molecule has 2 aromatic carbocycles. The third-order valence-electron chi connectivity index (χ3n) is 9.88. The molecule has 2 saturated carbocycles. The number of nitrogens with zero attached hydrogens (tertiary/aromatic N) is 2. The number of nitrogens with one attached hydrogen (secondary N) is 1. The first-order valence-electron chi connectivity index (χ1n) is 15.8. The van der Waals surface area contributed by atoms with Gasteiger partial charge in [-0.05, 0) is 105 Å². The minimum Gasteiger partial charge on any atom is -0.480 e. The van der Waals surface area contributed by atoms with Gasteiger partial charge >= 0.3 is 12.1 Å². The van der Waals surface area contributed by atoms with Crippen LogP contribution in [0.4, 0.5) is 9.18 Å². The largest absolute Gasteiger partial charge is 0.480 e. The molecule has 2 aliphatic carbocycles. The van der Waals surface area contributed by atoms with Crippen molar-refractivity contribution in [2.75, 3.05) is 26.2 Å². The first-order chi connectivity index (χ1) is 20.7. The number of likely N-dealkylation sites (tertiary alicyclic amines) is 1. The monoisotopic (exact) mass is 613 g/mol. The van der Waals surface area contributed by atoms with Crippen molar-refractivity contribution < 1.29 is 23.8 Å². The molecule has 0 aromatic heterocycles. The Hall–Kier alpha value is -2.68. The number of amides is 1. The van der Waals surface area contributed by atoms with Gasteiger partial charge in [-0.15, -0.1) is 0 Å². The maximum absolute atomic E-state index is 14.3. The first-order valence-corrected chi connectivity index (χ1v) is 16.2. The van der Waals surface area contributed by atoms with Crippen LogP contribution in [0.3, 0.4) is 0 Å². The Morgan fingerprint density at radius 3 is 2.51 bits per heavy atom. The average molecular weight is 614 g/mol. The van der Waals surface area contributed by atoms with Crippen LogP contribution >= 0.6 is 11.6 Å². The lowest BCUT2D eigenvalue weighted by Gasteiger charge is -2.39. The molecule has 2 N–H and O–H groups in total. The van der Waals surface area contributed by atoms with Crippen LogP contribution in [0.15, 0.2) is 48.5 Å². The van der Waals surface area contributed by atoms with Crippen molar-refractivity contribution in [2.24, 2.45) is 11.8 Å². The Morgan fingerprint density at radius 2 is 1.88 bits per heavy atom. The topological polar surface area (TPSA) is 82.1 Å². The van der Waals surface area contributed by atoms with Crippen molar-refractivity contribution in [2.45, 2.75) is 88.9 Å². The molecule has 3 fully saturated rings. The fraction of sp³-hybridized carbons (Fsp3) is 0.588. The van der Waals surface area contributed by atoms with Crippen molar-refractivity contribution in [1.82, 2.24) is 15.1 Å². The lowest BCUT2D eigenvalue weighted by atomic mass is 9.87. The summed E-state index contributed by atoms with van der Waals surface area (Å²) >= 11 is 5.98. The number of carboxylic acids is 1. The van der Waals surface area contributed by atoms with E-state index in [4.69, 9.17) is 16.3 Å². The van der Waals surface area contributed by atoms with Gasteiger partial charge in [-0.3, -0.25) is 10.1 Å². The summed E-state index contributed by atoms with van der Waals surface area (Å²) in [6, 6.07) is 13.9. The molecule has 1 amide bonds. The van der Waals surface area contributed by atoms with Gasteiger partial charge in [0.2, 0.25) is 0 Å². The lowest BCUT2D eigenvalue weighted by molar-refractivity contribution is -0.139. The normalized spacial score (nSPS) is 24.4. The number of hydrogen-bond acceptors (Lipinski definition) is 5. The molecule has 0 radical (unpaired) electrons. The SMILES string of the molecule is CCCN(C(=O)OCc1ccc(Cl)cc1)C1CCN(C[C@H]2C[C@H](C3(N[C@@H](C)C(=O)O)CC3)C[C@@H]2c2cccc(F)c2)CC1. The molecular weight excluding hydrogens is 569 g/mol. The highest BCUT2D eigenvalue weighted by molar-refractivity contribution is 6.30. The Kier molecular flexibility index (Phi) is 10.3. The molecule has 1 aliphatic heterocycles. The number of carboxylic acid groups (broad SMARTS) is 1. The molecule has 43 heavy (non-hydrogen) atoms. The van der Waals surface area contributed by atoms with Crippen LogP contribution in [-0.2, 0) is 16.1 Å². The van der Waals surface area contributed by atoms with E-state index in [1.807, 2.05) is 23.1 Å². The fourth-order valence-corrected chi connectivity index (χ4v) is 7.57. The average Bonchev–Trinajstić information content (AvgIpc) is 3.65. The summed E-state index contributed by atoms with van der Waals surface area (Å²) in [5, 5.41) is 13.6. The van der Waals surface area contributed by atoms with Gasteiger partial charge in [0, 0.05) is 42.8 Å². The fourth-order valence-electron chi connectivity index (χ4n) is 7.44. The van der Waals surface area contributed by atoms with E-state index in [2.05, 4.69) is 17.1 Å². The molecule has 2 aromatic rings. The number of rotatable bonds is 12. The van der Waals surface area contributed by atoms with Crippen LogP contribution in [0.5, 0.6) is 0 Å². The van der Waals surface area contributed by atoms with E-state index in [9.17, 15) is 19.1 Å². The van der Waals surface area contributed by atoms with Crippen molar-refractivity contribution in [3.05, 3.63) is 70.5 Å². The number of carbonyl (C=O) groups is 2. The third kappa shape index (κ3) is 7.89. The molecule has 4 atom stereocenters. The summed E-state index contributed by atoms with van der Waals surface area (Å²) in [6.45, 7) is 7.40. The van der Waals surface area contributed by atoms with Crippen LogP contribution in [0.1, 0.15) is 75.8 Å². The second-order valence-corrected chi connectivity index (χ2v) is 13.3. The van der Waals surface area contributed by atoms with Gasteiger partial charge in [0.15, 0.2) is 0 Å². The number of benzene rings is 2. The zero-order valence-corrected chi connectivity index (χ0v) is 26.1. The van der Waals surface area contributed by atoms with Crippen molar-refractivity contribution in [1.29, 1.82) is 0 Å². The second-order valence-electron chi connectivity index (χ2n) is 12.9. The van der Waals surface area contributed by atoms with E-state index in [0.717, 1.165) is 75.7 Å². The van der Waals surface area contributed by atoms with Crippen LogP contribution in [0.25, 0.3) is 0 Å². The van der Waals surface area contributed by atoms with E-state index < -0.39 is 12.0 Å². The van der Waals surface area contributed by atoms with Gasteiger partial charge in [-0.25, -0.2) is 9.18 Å². The van der Waals surface area contributed by atoms with Gasteiger partial charge in [0.1, 0.15) is 18.5 Å². The van der Waals surface area contributed by atoms with Crippen molar-refractivity contribution in [3.63, 3.8) is 0 Å². The maximum atomic E-state index is 14.3. The van der Waals surface area contributed by atoms with E-state index in [1.165, 1.54) is 6.07 Å². The Bertz CT molecular complexity index is 1250. The Labute approximate surface area is 259 Å². The van der Waals surface area contributed by atoms with E-state index in [-0.39, 0.29) is 36.0 Å². The molecule has 0 unspecified atom stereocenters. The molecule has 0 spiro atoms. The second kappa shape index (κ2) is 14.0. The van der Waals surface area contributed by atoms with E-state index >= 15 is 0 Å². The van der Waals surface area contributed by atoms with Gasteiger partial charge in [0.25, 0.3) is 0 Å². The van der Waals surface area contributed by atoms with Gasteiger partial charge in [-0.2, -0.15) is 0 Å². The number of carbonyl (C=O) groups excluding carboxylic acids is 1. The minimum atomic E-state index is -0.823. The first kappa shape index (κ1) is 31.7. The zero-order valence-electron chi connectivity index (χ0n) is 25.3. The summed E-state index contributed by atoms with van der Waals surface area (Å²) in [5.41, 5.74) is 1.83. The van der Waals surface area contributed by atoms with Crippen molar-refractivity contribution in [3.8, 4) is 0 Å². The number of hydrogen-bond donors (Lipinski definition) is 2. The van der Waals surface area contributed by atoms with Crippen LogP contribution in [0.2, 0.25) is 5.02 Å². The summed E-state index contributed by atoms with van der Waals surface area (Å²) in [7, 11) is 0. The number of halogens is 2. The van der Waals surface area contributed by atoms with Crippen LogP contribution in [-0.4, -0.2) is 70.8 Å².